The molecular weight excluding hydrogens is 182 g/mol. The van der Waals surface area contributed by atoms with Crippen molar-refractivity contribution in [3.63, 3.8) is 0 Å². The Bertz CT molecular complexity index is 274. The lowest BCUT2D eigenvalue weighted by molar-refractivity contribution is 0.141. The van der Waals surface area contributed by atoms with E-state index in [9.17, 15) is 4.79 Å². The number of carbonyl (C=O) groups excluding carboxylic acids is 1. The first kappa shape index (κ1) is 10.4. The summed E-state index contributed by atoms with van der Waals surface area (Å²) in [5.41, 5.74) is 0. The van der Waals surface area contributed by atoms with Gasteiger partial charge in [0.2, 0.25) is 0 Å². The van der Waals surface area contributed by atoms with Gasteiger partial charge in [0.05, 0.1) is 6.61 Å². The summed E-state index contributed by atoms with van der Waals surface area (Å²) in [7, 11) is 0. The molecule has 1 rings (SSSR count). The summed E-state index contributed by atoms with van der Waals surface area (Å²) < 4.78 is 9.86. The molecule has 0 spiro atoms. The summed E-state index contributed by atoms with van der Waals surface area (Å²) in [5.74, 6) is 0.712. The molecule has 0 bridgehead atoms. The second kappa shape index (κ2) is 5.85. The first-order valence-electron chi connectivity index (χ1n) is 4.41. The molecule has 0 aromatic heterocycles. The van der Waals surface area contributed by atoms with Crippen LogP contribution in [0, 0.1) is 0 Å². The Labute approximate surface area is 82.8 Å². The van der Waals surface area contributed by atoms with Crippen LogP contribution in [-0.2, 0) is 4.74 Å². The molecule has 0 fully saturated rings. The predicted molar refractivity (Wildman–Crippen MR) is 52.1 cm³/mol. The second-order valence-electron chi connectivity index (χ2n) is 2.50. The zero-order valence-corrected chi connectivity index (χ0v) is 8.03. The van der Waals surface area contributed by atoms with Crippen LogP contribution in [0.3, 0.4) is 0 Å². The van der Waals surface area contributed by atoms with Crippen molar-refractivity contribution >= 4 is 6.09 Å². The van der Waals surface area contributed by atoms with Crippen LogP contribution in [0.15, 0.2) is 30.3 Å². The highest BCUT2D eigenvalue weighted by Gasteiger charge is 1.98. The van der Waals surface area contributed by atoms with Crippen molar-refractivity contribution in [2.45, 2.75) is 6.92 Å². The monoisotopic (exact) mass is 195 g/mol. The molecule has 0 saturated heterocycles. The summed E-state index contributed by atoms with van der Waals surface area (Å²) in [6, 6.07) is 9.24. The topological polar surface area (TPSA) is 47.6 Å². The van der Waals surface area contributed by atoms with E-state index < -0.39 is 6.09 Å². The summed E-state index contributed by atoms with van der Waals surface area (Å²) in [6.45, 7) is 2.22. The normalized spacial score (nSPS) is 9.21. The van der Waals surface area contributed by atoms with Gasteiger partial charge in [-0.25, -0.2) is 4.79 Å². The maximum Gasteiger partial charge on any atom is 0.409 e. The fourth-order valence-electron chi connectivity index (χ4n) is 0.877. The summed E-state index contributed by atoms with van der Waals surface area (Å²) in [5, 5.41) is 2.45. The van der Waals surface area contributed by atoms with E-state index in [1.54, 1.807) is 6.92 Å². The summed E-state index contributed by atoms with van der Waals surface area (Å²) in [6.07, 6.45) is -0.469. The Kier molecular flexibility index (Phi) is 4.34. The van der Waals surface area contributed by atoms with Gasteiger partial charge in [0.1, 0.15) is 5.75 Å². The molecular formula is C10H13NO3. The summed E-state index contributed by atoms with van der Waals surface area (Å²) >= 11 is 0. The van der Waals surface area contributed by atoms with Gasteiger partial charge in [0.15, 0.2) is 6.73 Å². The van der Waals surface area contributed by atoms with Crippen LogP contribution in [0.25, 0.3) is 0 Å². The van der Waals surface area contributed by atoms with Gasteiger partial charge in [-0.2, -0.15) is 0 Å². The van der Waals surface area contributed by atoms with Gasteiger partial charge in [-0.15, -0.1) is 0 Å². The molecule has 0 unspecified atom stereocenters. The molecule has 0 aliphatic carbocycles. The van der Waals surface area contributed by atoms with E-state index in [4.69, 9.17) is 4.74 Å². The van der Waals surface area contributed by atoms with Crippen LogP contribution in [0.1, 0.15) is 6.92 Å². The Balaban J connectivity index is 2.19. The van der Waals surface area contributed by atoms with Crippen molar-refractivity contribution < 1.29 is 14.3 Å². The molecule has 0 saturated carbocycles. The van der Waals surface area contributed by atoms with Gasteiger partial charge in [0.25, 0.3) is 0 Å². The Morgan fingerprint density at radius 2 is 2.07 bits per heavy atom. The van der Waals surface area contributed by atoms with Gasteiger partial charge in [-0.1, -0.05) is 18.2 Å². The first-order valence-corrected chi connectivity index (χ1v) is 4.41. The zero-order chi connectivity index (χ0) is 10.2. The molecule has 0 heterocycles. The Morgan fingerprint density at radius 3 is 2.71 bits per heavy atom. The number of para-hydroxylation sites is 1. The number of rotatable bonds is 4. The molecule has 0 aliphatic rings. The maximum absolute atomic E-state index is 10.8. The molecule has 0 atom stereocenters. The van der Waals surface area contributed by atoms with Crippen molar-refractivity contribution in [2.24, 2.45) is 0 Å². The Hall–Kier alpha value is -1.71. The van der Waals surface area contributed by atoms with E-state index in [1.807, 2.05) is 30.3 Å². The molecule has 0 radical (unpaired) electrons. The Morgan fingerprint density at radius 1 is 1.36 bits per heavy atom. The lowest BCUT2D eigenvalue weighted by Crippen LogP contribution is -2.28. The van der Waals surface area contributed by atoms with E-state index in [0.29, 0.717) is 12.4 Å². The van der Waals surface area contributed by atoms with Crippen molar-refractivity contribution in [3.05, 3.63) is 30.3 Å². The van der Waals surface area contributed by atoms with E-state index in [0.717, 1.165) is 0 Å². The molecule has 4 nitrogen and oxygen atoms in total. The van der Waals surface area contributed by atoms with Gasteiger partial charge in [-0.3, -0.25) is 5.32 Å². The fraction of sp³-hybridized carbons (Fsp3) is 0.300. The molecule has 14 heavy (non-hydrogen) atoms. The van der Waals surface area contributed by atoms with Gasteiger partial charge in [-0.05, 0) is 19.1 Å². The minimum atomic E-state index is -0.469. The average molecular weight is 195 g/mol. The second-order valence-corrected chi connectivity index (χ2v) is 2.50. The number of nitrogens with one attached hydrogen (secondary N) is 1. The SMILES string of the molecule is CCOC(=O)NCOc1ccccc1. The predicted octanol–water partition coefficient (Wildman–Crippen LogP) is 1.77. The van der Waals surface area contributed by atoms with Gasteiger partial charge < -0.3 is 9.47 Å². The molecule has 1 N–H and O–H groups in total. The third-order valence-corrected chi connectivity index (χ3v) is 1.47. The number of hydrogen-bond acceptors (Lipinski definition) is 3. The zero-order valence-electron chi connectivity index (χ0n) is 8.03. The number of carbonyl (C=O) groups is 1. The van der Waals surface area contributed by atoms with Crippen molar-refractivity contribution in [1.29, 1.82) is 0 Å². The van der Waals surface area contributed by atoms with Crippen LogP contribution in [0.2, 0.25) is 0 Å². The number of benzene rings is 1. The third kappa shape index (κ3) is 3.80. The highest BCUT2D eigenvalue weighted by molar-refractivity contribution is 5.66. The van der Waals surface area contributed by atoms with E-state index in [1.165, 1.54) is 0 Å². The van der Waals surface area contributed by atoms with Crippen molar-refractivity contribution in [2.75, 3.05) is 13.3 Å². The fourth-order valence-corrected chi connectivity index (χ4v) is 0.877. The molecule has 1 aromatic carbocycles. The largest absolute Gasteiger partial charge is 0.473 e. The van der Waals surface area contributed by atoms with Crippen LogP contribution in [0.5, 0.6) is 5.75 Å². The van der Waals surface area contributed by atoms with Crippen LogP contribution in [0.4, 0.5) is 4.79 Å². The summed E-state index contributed by atoms with van der Waals surface area (Å²) in [4.78, 5) is 10.8. The number of hydrogen-bond donors (Lipinski definition) is 1. The van der Waals surface area contributed by atoms with Crippen LogP contribution >= 0.6 is 0 Å². The van der Waals surface area contributed by atoms with Crippen LogP contribution < -0.4 is 10.1 Å². The van der Waals surface area contributed by atoms with Crippen LogP contribution in [-0.4, -0.2) is 19.4 Å². The number of alkyl carbamates (subject to hydrolysis) is 1. The minimum absolute atomic E-state index is 0.114. The highest BCUT2D eigenvalue weighted by atomic mass is 16.6. The van der Waals surface area contributed by atoms with Gasteiger partial charge in [0, 0.05) is 0 Å². The quantitative estimate of drug-likeness (QED) is 0.745. The number of amides is 1. The van der Waals surface area contributed by atoms with Gasteiger partial charge >= 0.3 is 6.09 Å². The standard InChI is InChI=1S/C10H13NO3/c1-2-13-10(12)11-8-14-9-6-4-3-5-7-9/h3-7H,2,8H2,1H3,(H,11,12). The highest BCUT2D eigenvalue weighted by Crippen LogP contribution is 2.06. The lowest BCUT2D eigenvalue weighted by atomic mass is 10.3. The molecule has 76 valence electrons. The maximum atomic E-state index is 10.8. The smallest absolute Gasteiger partial charge is 0.409 e. The van der Waals surface area contributed by atoms with Crippen molar-refractivity contribution in [3.8, 4) is 5.75 Å². The first-order chi connectivity index (χ1) is 6.83. The van der Waals surface area contributed by atoms with Crippen molar-refractivity contribution in [1.82, 2.24) is 5.32 Å². The number of ether oxygens (including phenoxy) is 2. The lowest BCUT2D eigenvalue weighted by Gasteiger charge is -2.07. The minimum Gasteiger partial charge on any atom is -0.473 e. The van der Waals surface area contributed by atoms with E-state index in [-0.39, 0.29) is 6.73 Å². The van der Waals surface area contributed by atoms with E-state index in [2.05, 4.69) is 10.1 Å². The van der Waals surface area contributed by atoms with E-state index >= 15 is 0 Å². The molecule has 1 aromatic rings. The third-order valence-electron chi connectivity index (χ3n) is 1.47. The average Bonchev–Trinajstić information content (AvgIpc) is 2.20. The molecule has 4 heteroatoms. The molecule has 1 amide bonds. The molecule has 0 aliphatic heterocycles.